The smallest absolute Gasteiger partial charge is 0.223 e. The van der Waals surface area contributed by atoms with E-state index in [1.165, 1.54) is 5.56 Å². The van der Waals surface area contributed by atoms with Gasteiger partial charge in [0.05, 0.1) is 6.54 Å². The van der Waals surface area contributed by atoms with Crippen LogP contribution in [0.5, 0.6) is 0 Å². The van der Waals surface area contributed by atoms with Gasteiger partial charge in [-0.05, 0) is 37.5 Å². The third-order valence-electron chi connectivity index (χ3n) is 4.24. The highest BCUT2D eigenvalue weighted by atomic mass is 127. The number of aliphatic imine (C=N–C) groups is 1. The molecule has 0 heterocycles. The number of amides is 1. The van der Waals surface area contributed by atoms with Crippen LogP contribution in [0.2, 0.25) is 0 Å². The van der Waals surface area contributed by atoms with Gasteiger partial charge in [0.25, 0.3) is 0 Å². The van der Waals surface area contributed by atoms with E-state index in [2.05, 4.69) is 52.1 Å². The lowest BCUT2D eigenvalue weighted by Crippen LogP contribution is -2.38. The normalized spacial score (nSPS) is 13.4. The Hall–Kier alpha value is -2.09. The monoisotopic (exact) mass is 478 g/mol. The largest absolute Gasteiger partial charge is 0.354 e. The second-order valence-electron chi connectivity index (χ2n) is 6.63. The van der Waals surface area contributed by atoms with Gasteiger partial charge in [0.15, 0.2) is 5.96 Å². The van der Waals surface area contributed by atoms with Crippen LogP contribution in [-0.2, 0) is 11.3 Å². The standard InChI is InChI=1S/C21H26N4O.HI/c1-16-7-9-17(10-8-16)15-24-21(25-19-5-3-2-4-6-19)23-14-13-22-20(26)18-11-12-18;/h2-10,18H,11-15H2,1H3,(H,22,26)(H2,23,24,25);1H. The Balaban J connectivity index is 0.00000261. The summed E-state index contributed by atoms with van der Waals surface area (Å²) in [5.74, 6) is 1.12. The summed E-state index contributed by atoms with van der Waals surface area (Å²) in [6.45, 7) is 3.89. The van der Waals surface area contributed by atoms with Gasteiger partial charge in [0.2, 0.25) is 5.91 Å². The first-order valence-electron chi connectivity index (χ1n) is 9.14. The number of halogens is 1. The van der Waals surface area contributed by atoms with E-state index in [4.69, 9.17) is 0 Å². The molecule has 1 aliphatic carbocycles. The summed E-state index contributed by atoms with van der Waals surface area (Å²) in [7, 11) is 0. The number of aryl methyl sites for hydroxylation is 1. The molecule has 5 nitrogen and oxygen atoms in total. The first kappa shape index (κ1) is 21.2. The first-order chi connectivity index (χ1) is 12.7. The second kappa shape index (κ2) is 10.9. The Kier molecular flexibility index (Phi) is 8.57. The molecule has 3 rings (SSSR count). The molecular weight excluding hydrogens is 451 g/mol. The van der Waals surface area contributed by atoms with Gasteiger partial charge in [-0.25, -0.2) is 4.99 Å². The summed E-state index contributed by atoms with van der Waals surface area (Å²) in [5, 5.41) is 9.56. The molecule has 0 unspecified atom stereocenters. The van der Waals surface area contributed by atoms with E-state index in [0.717, 1.165) is 24.1 Å². The average molecular weight is 478 g/mol. The van der Waals surface area contributed by atoms with Crippen molar-refractivity contribution in [1.29, 1.82) is 0 Å². The van der Waals surface area contributed by atoms with Crippen LogP contribution in [0.15, 0.2) is 59.6 Å². The molecule has 0 bridgehead atoms. The average Bonchev–Trinajstić information content (AvgIpc) is 3.50. The maximum Gasteiger partial charge on any atom is 0.223 e. The Bertz CT molecular complexity index is 743. The van der Waals surface area contributed by atoms with Crippen molar-refractivity contribution < 1.29 is 4.79 Å². The highest BCUT2D eigenvalue weighted by Gasteiger charge is 2.28. The maximum atomic E-state index is 11.7. The van der Waals surface area contributed by atoms with E-state index in [-0.39, 0.29) is 35.8 Å². The molecule has 6 heteroatoms. The fourth-order valence-corrected chi connectivity index (χ4v) is 2.52. The number of rotatable bonds is 7. The molecule has 2 aromatic carbocycles. The van der Waals surface area contributed by atoms with E-state index in [1.54, 1.807) is 0 Å². The minimum atomic E-state index is 0. The zero-order valence-electron chi connectivity index (χ0n) is 15.6. The van der Waals surface area contributed by atoms with Crippen LogP contribution >= 0.6 is 24.0 Å². The van der Waals surface area contributed by atoms with Crippen molar-refractivity contribution in [3.63, 3.8) is 0 Å². The Morgan fingerprint density at radius 1 is 1.00 bits per heavy atom. The van der Waals surface area contributed by atoms with E-state index in [1.807, 2.05) is 30.3 Å². The number of hydrogen-bond donors (Lipinski definition) is 3. The van der Waals surface area contributed by atoms with Crippen molar-refractivity contribution in [1.82, 2.24) is 10.6 Å². The lowest BCUT2D eigenvalue weighted by Gasteiger charge is -2.13. The first-order valence-corrected chi connectivity index (χ1v) is 9.14. The molecule has 2 aromatic rings. The van der Waals surface area contributed by atoms with Crippen molar-refractivity contribution in [2.75, 3.05) is 18.4 Å². The minimum Gasteiger partial charge on any atom is -0.354 e. The van der Waals surface area contributed by atoms with Gasteiger partial charge in [0.1, 0.15) is 0 Å². The van der Waals surface area contributed by atoms with E-state index in [0.29, 0.717) is 25.6 Å². The molecule has 3 N–H and O–H groups in total. The van der Waals surface area contributed by atoms with E-state index in [9.17, 15) is 4.79 Å². The fourth-order valence-electron chi connectivity index (χ4n) is 2.52. The zero-order valence-corrected chi connectivity index (χ0v) is 17.9. The topological polar surface area (TPSA) is 65.5 Å². The van der Waals surface area contributed by atoms with Crippen molar-refractivity contribution in [2.45, 2.75) is 26.3 Å². The summed E-state index contributed by atoms with van der Waals surface area (Å²) >= 11 is 0. The van der Waals surface area contributed by atoms with Crippen LogP contribution in [-0.4, -0.2) is 25.0 Å². The summed E-state index contributed by atoms with van der Waals surface area (Å²) < 4.78 is 0. The van der Waals surface area contributed by atoms with Gasteiger partial charge >= 0.3 is 0 Å². The van der Waals surface area contributed by atoms with Crippen LogP contribution in [0, 0.1) is 12.8 Å². The molecule has 27 heavy (non-hydrogen) atoms. The summed E-state index contributed by atoms with van der Waals surface area (Å²) in [6.07, 6.45) is 2.05. The van der Waals surface area contributed by atoms with Gasteiger partial charge in [-0.15, -0.1) is 24.0 Å². The molecule has 1 aliphatic rings. The number of hydrogen-bond acceptors (Lipinski definition) is 2. The van der Waals surface area contributed by atoms with E-state index >= 15 is 0 Å². The number of carbonyl (C=O) groups excluding carboxylic acids is 1. The van der Waals surface area contributed by atoms with Crippen molar-refractivity contribution in [3.05, 3.63) is 65.7 Å². The SMILES string of the molecule is Cc1ccc(CN=C(NCCNC(=O)C2CC2)Nc2ccccc2)cc1.I. The molecule has 144 valence electrons. The van der Waals surface area contributed by atoms with Gasteiger partial charge < -0.3 is 16.0 Å². The van der Waals surface area contributed by atoms with Crippen LogP contribution in [0.1, 0.15) is 24.0 Å². The molecule has 1 fully saturated rings. The van der Waals surface area contributed by atoms with E-state index < -0.39 is 0 Å². The Morgan fingerprint density at radius 2 is 1.67 bits per heavy atom. The highest BCUT2D eigenvalue weighted by Crippen LogP contribution is 2.28. The Labute approximate surface area is 178 Å². The number of para-hydroxylation sites is 1. The van der Waals surface area contributed by atoms with Gasteiger partial charge in [-0.3, -0.25) is 4.79 Å². The number of carbonyl (C=O) groups is 1. The van der Waals surface area contributed by atoms with Crippen LogP contribution in [0.3, 0.4) is 0 Å². The maximum absolute atomic E-state index is 11.7. The third-order valence-corrected chi connectivity index (χ3v) is 4.24. The lowest BCUT2D eigenvalue weighted by molar-refractivity contribution is -0.122. The predicted octanol–water partition coefficient (Wildman–Crippen LogP) is 3.70. The minimum absolute atomic E-state index is 0. The number of nitrogens with zero attached hydrogens (tertiary/aromatic N) is 1. The van der Waals surface area contributed by atoms with Crippen molar-refractivity contribution in [2.24, 2.45) is 10.9 Å². The fraction of sp³-hybridized carbons (Fsp3) is 0.333. The third kappa shape index (κ3) is 7.58. The summed E-state index contributed by atoms with van der Waals surface area (Å²) in [6, 6.07) is 18.3. The molecular formula is C21H27IN4O. The Morgan fingerprint density at radius 3 is 2.33 bits per heavy atom. The summed E-state index contributed by atoms with van der Waals surface area (Å²) in [4.78, 5) is 16.4. The van der Waals surface area contributed by atoms with Crippen LogP contribution in [0.4, 0.5) is 5.69 Å². The van der Waals surface area contributed by atoms with Gasteiger partial charge in [-0.1, -0.05) is 48.0 Å². The molecule has 0 aliphatic heterocycles. The van der Waals surface area contributed by atoms with Crippen LogP contribution in [0.25, 0.3) is 0 Å². The molecule has 0 saturated heterocycles. The second-order valence-corrected chi connectivity index (χ2v) is 6.63. The number of guanidine groups is 1. The number of anilines is 1. The lowest BCUT2D eigenvalue weighted by atomic mass is 10.1. The number of nitrogens with one attached hydrogen (secondary N) is 3. The quantitative estimate of drug-likeness (QED) is 0.246. The molecule has 0 spiro atoms. The summed E-state index contributed by atoms with van der Waals surface area (Å²) in [5.41, 5.74) is 3.38. The molecule has 0 atom stereocenters. The van der Waals surface area contributed by atoms with Crippen molar-refractivity contribution >= 4 is 41.5 Å². The molecule has 0 aromatic heterocycles. The predicted molar refractivity (Wildman–Crippen MR) is 122 cm³/mol. The molecule has 0 radical (unpaired) electrons. The molecule has 1 saturated carbocycles. The molecule has 1 amide bonds. The number of benzene rings is 2. The van der Waals surface area contributed by atoms with Gasteiger partial charge in [-0.2, -0.15) is 0 Å². The van der Waals surface area contributed by atoms with Crippen molar-refractivity contribution in [3.8, 4) is 0 Å². The van der Waals surface area contributed by atoms with Gasteiger partial charge in [0, 0.05) is 24.7 Å². The highest BCUT2D eigenvalue weighted by molar-refractivity contribution is 14.0. The zero-order chi connectivity index (χ0) is 18.2. The van der Waals surface area contributed by atoms with Crippen LogP contribution < -0.4 is 16.0 Å².